The Kier molecular flexibility index (Phi) is 11.4. The van der Waals surface area contributed by atoms with E-state index in [4.69, 9.17) is 0 Å². The van der Waals surface area contributed by atoms with Gasteiger partial charge in [-0.15, -0.1) is 0 Å². The highest BCUT2D eigenvalue weighted by Crippen LogP contribution is 2.43. The van der Waals surface area contributed by atoms with Crippen LogP contribution in [0.1, 0.15) is 142 Å². The average molecular weight is 629 g/mol. The molecule has 6 heteroatoms. The van der Waals surface area contributed by atoms with Gasteiger partial charge in [-0.05, 0) is 141 Å². The zero-order valence-electron chi connectivity index (χ0n) is 26.6. The molecule has 0 aliphatic heterocycles. The quantitative estimate of drug-likeness (QED) is 0.146. The highest BCUT2D eigenvalue weighted by molar-refractivity contribution is 5.33. The molecule has 0 amide bonds. The summed E-state index contributed by atoms with van der Waals surface area (Å²) >= 11 is 0. The summed E-state index contributed by atoms with van der Waals surface area (Å²) < 4.78 is 89.2. The summed E-state index contributed by atoms with van der Waals surface area (Å²) in [4.78, 5) is 0. The number of hydrogen-bond donors (Lipinski definition) is 0. The van der Waals surface area contributed by atoms with Crippen LogP contribution in [0.15, 0.2) is 36.4 Å². The fourth-order valence-corrected chi connectivity index (χ4v) is 7.82. The SMILES string of the molecule is CCCCCc1ccc(C2CCC(CCc3ccc(C4CCC(c5ccc(CC)c(F)c5F)CC4)c(F)c3F)CC2)c(F)c1F. The Hall–Kier alpha value is -2.76. The lowest BCUT2D eigenvalue weighted by molar-refractivity contribution is 0.303. The molecular formula is C39H46F6. The number of aryl methyl sites for hydroxylation is 3. The maximum Gasteiger partial charge on any atom is 0.162 e. The van der Waals surface area contributed by atoms with Crippen molar-refractivity contribution in [3.63, 3.8) is 0 Å². The van der Waals surface area contributed by atoms with Crippen LogP contribution in [0, 0.1) is 40.8 Å². The summed E-state index contributed by atoms with van der Waals surface area (Å²) in [6.45, 7) is 3.87. The molecule has 0 aromatic heterocycles. The number of unbranched alkanes of at least 4 members (excludes halogenated alkanes) is 2. The van der Waals surface area contributed by atoms with E-state index in [0.29, 0.717) is 84.2 Å². The van der Waals surface area contributed by atoms with Crippen molar-refractivity contribution in [2.45, 2.75) is 128 Å². The molecule has 45 heavy (non-hydrogen) atoms. The van der Waals surface area contributed by atoms with Gasteiger partial charge in [0.25, 0.3) is 0 Å². The second-order valence-electron chi connectivity index (χ2n) is 13.4. The van der Waals surface area contributed by atoms with Crippen LogP contribution < -0.4 is 0 Å². The lowest BCUT2D eigenvalue weighted by Crippen LogP contribution is -2.17. The molecule has 3 aromatic rings. The molecule has 0 radical (unpaired) electrons. The lowest BCUT2D eigenvalue weighted by Gasteiger charge is -2.30. The second-order valence-corrected chi connectivity index (χ2v) is 13.4. The third kappa shape index (κ3) is 7.46. The Morgan fingerprint density at radius 2 is 0.867 bits per heavy atom. The van der Waals surface area contributed by atoms with Gasteiger partial charge in [0, 0.05) is 0 Å². The van der Waals surface area contributed by atoms with Gasteiger partial charge in [0.15, 0.2) is 34.9 Å². The molecule has 3 aromatic carbocycles. The molecule has 0 bridgehead atoms. The average Bonchev–Trinajstić information content (AvgIpc) is 3.06. The topological polar surface area (TPSA) is 0 Å². The Labute approximate surface area is 264 Å². The molecule has 2 aliphatic rings. The molecule has 244 valence electrons. The molecule has 0 unspecified atom stereocenters. The molecule has 0 spiro atoms. The van der Waals surface area contributed by atoms with Crippen molar-refractivity contribution >= 4 is 0 Å². The minimum Gasteiger partial charge on any atom is -0.203 e. The molecule has 2 aliphatic carbocycles. The van der Waals surface area contributed by atoms with Crippen LogP contribution >= 0.6 is 0 Å². The maximum atomic E-state index is 15.3. The van der Waals surface area contributed by atoms with E-state index in [9.17, 15) is 17.6 Å². The van der Waals surface area contributed by atoms with E-state index in [-0.39, 0.29) is 17.8 Å². The van der Waals surface area contributed by atoms with Crippen molar-refractivity contribution in [2.75, 3.05) is 0 Å². The first-order valence-electron chi connectivity index (χ1n) is 17.1. The predicted octanol–water partition coefficient (Wildman–Crippen LogP) is 12.2. The number of rotatable bonds is 11. The number of hydrogen-bond acceptors (Lipinski definition) is 0. The van der Waals surface area contributed by atoms with Crippen LogP contribution in [0.5, 0.6) is 0 Å². The lowest BCUT2D eigenvalue weighted by atomic mass is 9.75. The zero-order valence-corrected chi connectivity index (χ0v) is 26.6. The van der Waals surface area contributed by atoms with E-state index in [2.05, 4.69) is 6.92 Å². The summed E-state index contributed by atoms with van der Waals surface area (Å²) in [5.41, 5.74) is 2.40. The summed E-state index contributed by atoms with van der Waals surface area (Å²) in [6.07, 6.45) is 10.6. The minimum absolute atomic E-state index is 0.0183. The van der Waals surface area contributed by atoms with Gasteiger partial charge in [-0.3, -0.25) is 0 Å². The smallest absolute Gasteiger partial charge is 0.162 e. The van der Waals surface area contributed by atoms with Gasteiger partial charge in [0.1, 0.15) is 0 Å². The first-order valence-corrected chi connectivity index (χ1v) is 17.1. The Bertz CT molecular complexity index is 1450. The summed E-state index contributed by atoms with van der Waals surface area (Å²) in [5, 5.41) is 0. The molecular weight excluding hydrogens is 582 g/mol. The first-order chi connectivity index (χ1) is 21.7. The molecule has 0 atom stereocenters. The van der Waals surface area contributed by atoms with Gasteiger partial charge >= 0.3 is 0 Å². The first kappa shape index (κ1) is 33.6. The largest absolute Gasteiger partial charge is 0.203 e. The molecule has 2 saturated carbocycles. The van der Waals surface area contributed by atoms with E-state index in [1.54, 1.807) is 43.3 Å². The van der Waals surface area contributed by atoms with Gasteiger partial charge in [0.05, 0.1) is 0 Å². The third-order valence-electron chi connectivity index (χ3n) is 10.7. The normalized spacial score (nSPS) is 22.1. The zero-order chi connectivity index (χ0) is 32.1. The second kappa shape index (κ2) is 15.2. The summed E-state index contributed by atoms with van der Waals surface area (Å²) in [5.74, 6) is -4.51. The number of benzene rings is 3. The van der Waals surface area contributed by atoms with Crippen LogP contribution in [0.3, 0.4) is 0 Å². The van der Waals surface area contributed by atoms with Crippen LogP contribution in [-0.4, -0.2) is 0 Å². The van der Waals surface area contributed by atoms with E-state index < -0.39 is 34.9 Å². The Morgan fingerprint density at radius 1 is 0.467 bits per heavy atom. The fraction of sp³-hybridized carbons (Fsp3) is 0.538. The van der Waals surface area contributed by atoms with Gasteiger partial charge in [-0.1, -0.05) is 63.1 Å². The van der Waals surface area contributed by atoms with E-state index in [1.807, 2.05) is 0 Å². The monoisotopic (exact) mass is 628 g/mol. The number of halogens is 6. The predicted molar refractivity (Wildman–Crippen MR) is 169 cm³/mol. The summed E-state index contributed by atoms with van der Waals surface area (Å²) in [6, 6.07) is 10.2. The Balaban J connectivity index is 1.13. The van der Waals surface area contributed by atoms with Crippen molar-refractivity contribution < 1.29 is 26.3 Å². The van der Waals surface area contributed by atoms with E-state index in [1.165, 1.54) is 0 Å². The maximum absolute atomic E-state index is 15.3. The van der Waals surface area contributed by atoms with E-state index in [0.717, 1.165) is 51.4 Å². The van der Waals surface area contributed by atoms with E-state index >= 15 is 8.78 Å². The van der Waals surface area contributed by atoms with Gasteiger partial charge in [-0.25, -0.2) is 26.3 Å². The molecule has 0 N–H and O–H groups in total. The van der Waals surface area contributed by atoms with Crippen molar-refractivity contribution in [1.29, 1.82) is 0 Å². The highest BCUT2D eigenvalue weighted by Gasteiger charge is 2.30. The highest BCUT2D eigenvalue weighted by atomic mass is 19.2. The van der Waals surface area contributed by atoms with Crippen LogP contribution in [0.4, 0.5) is 26.3 Å². The third-order valence-corrected chi connectivity index (χ3v) is 10.7. The van der Waals surface area contributed by atoms with Crippen molar-refractivity contribution in [3.05, 3.63) is 105 Å². The molecule has 0 saturated heterocycles. The minimum atomic E-state index is -0.792. The molecule has 0 nitrogen and oxygen atoms in total. The van der Waals surface area contributed by atoms with Crippen molar-refractivity contribution in [3.8, 4) is 0 Å². The van der Waals surface area contributed by atoms with Gasteiger partial charge in [-0.2, -0.15) is 0 Å². The molecule has 5 rings (SSSR count). The fourth-order valence-electron chi connectivity index (χ4n) is 7.82. The summed E-state index contributed by atoms with van der Waals surface area (Å²) in [7, 11) is 0. The van der Waals surface area contributed by atoms with Gasteiger partial charge < -0.3 is 0 Å². The van der Waals surface area contributed by atoms with Crippen molar-refractivity contribution in [1.82, 2.24) is 0 Å². The molecule has 2 fully saturated rings. The Morgan fingerprint density at radius 3 is 1.31 bits per heavy atom. The van der Waals surface area contributed by atoms with Gasteiger partial charge in [0.2, 0.25) is 0 Å². The standard InChI is InChI=1S/C39H46F6/c1-3-5-6-7-29-19-22-32(38(44)35(29)41)26-11-8-24(9-12-26)10-13-30-20-23-33(39(45)36(30)42)28-16-14-27(15-17-28)31-21-18-25(4-2)34(40)37(31)43/h18-24,26-28H,3-17H2,1-2H3. The van der Waals surface area contributed by atoms with Crippen LogP contribution in [0.2, 0.25) is 0 Å². The van der Waals surface area contributed by atoms with Crippen LogP contribution in [0.25, 0.3) is 0 Å². The molecule has 0 heterocycles. The van der Waals surface area contributed by atoms with Crippen molar-refractivity contribution in [2.24, 2.45) is 5.92 Å². The van der Waals surface area contributed by atoms with Crippen LogP contribution in [-0.2, 0) is 19.3 Å².